The number of ether oxygens (including phenoxy) is 2. The molecule has 2 aromatic heterocycles. The fourth-order valence-corrected chi connectivity index (χ4v) is 2.91. The number of carbonyl (C=O) groups is 1. The van der Waals surface area contributed by atoms with Crippen LogP contribution in [0.5, 0.6) is 5.88 Å². The summed E-state index contributed by atoms with van der Waals surface area (Å²) < 4.78 is 11.4. The summed E-state index contributed by atoms with van der Waals surface area (Å²) in [5.74, 6) is 0.247. The number of pyridine rings is 2. The average molecular weight is 372 g/mol. The van der Waals surface area contributed by atoms with Crippen LogP contribution in [0.1, 0.15) is 12.8 Å². The Kier molecular flexibility index (Phi) is 3.99. The molecule has 1 saturated carbocycles. The number of rotatable bonds is 3. The van der Waals surface area contributed by atoms with Crippen molar-refractivity contribution in [2.24, 2.45) is 5.92 Å². The second kappa shape index (κ2) is 5.77. The largest absolute Gasteiger partial charge is 0.474 e. The van der Waals surface area contributed by atoms with Gasteiger partial charge in [0.05, 0.1) is 18.4 Å². The number of hydrogen-bond acceptors (Lipinski definition) is 5. The molecule has 0 amide bonds. The van der Waals surface area contributed by atoms with Crippen molar-refractivity contribution in [3.05, 3.63) is 28.1 Å². The number of carbonyl (C=O) groups excluding carboxylic acids is 1. The van der Waals surface area contributed by atoms with Crippen LogP contribution in [0.4, 0.5) is 0 Å². The van der Waals surface area contributed by atoms with Gasteiger partial charge in [-0.3, -0.25) is 4.79 Å². The molecule has 0 unspecified atom stereocenters. The molecule has 5 nitrogen and oxygen atoms in total. The van der Waals surface area contributed by atoms with Crippen molar-refractivity contribution in [2.45, 2.75) is 18.9 Å². The molecule has 0 N–H and O–H groups in total. The fraction of sp³-hybridized carbons (Fsp3) is 0.357. The van der Waals surface area contributed by atoms with Crippen molar-refractivity contribution in [2.75, 3.05) is 7.11 Å². The summed E-state index contributed by atoms with van der Waals surface area (Å²) >= 11 is 9.35. The number of esters is 1. The number of fused-ring (bicyclic) bond motifs is 1. The molecule has 3 rings (SSSR count). The van der Waals surface area contributed by atoms with E-state index in [2.05, 4.69) is 25.9 Å². The zero-order valence-electron chi connectivity index (χ0n) is 11.2. The summed E-state index contributed by atoms with van der Waals surface area (Å²) in [6.45, 7) is 0. The quantitative estimate of drug-likeness (QED) is 0.611. The molecule has 0 radical (unpaired) electrons. The third-order valence-electron chi connectivity index (χ3n) is 3.56. The molecule has 1 aliphatic carbocycles. The van der Waals surface area contributed by atoms with Gasteiger partial charge in [-0.1, -0.05) is 11.6 Å². The molecule has 0 aromatic carbocycles. The first kappa shape index (κ1) is 14.5. The first-order chi connectivity index (χ1) is 10.1. The maximum absolute atomic E-state index is 11.4. The molecule has 0 aliphatic heterocycles. The Morgan fingerprint density at radius 1 is 1.33 bits per heavy atom. The van der Waals surface area contributed by atoms with Crippen LogP contribution < -0.4 is 4.74 Å². The van der Waals surface area contributed by atoms with Crippen molar-refractivity contribution < 1.29 is 14.3 Å². The molecule has 7 heteroatoms. The number of hydrogen-bond donors (Lipinski definition) is 0. The van der Waals surface area contributed by atoms with Crippen LogP contribution >= 0.6 is 27.5 Å². The Balaban J connectivity index is 1.80. The van der Waals surface area contributed by atoms with Crippen LogP contribution in [0.15, 0.2) is 22.9 Å². The van der Waals surface area contributed by atoms with E-state index in [4.69, 9.17) is 21.1 Å². The highest BCUT2D eigenvalue weighted by molar-refractivity contribution is 9.10. The molecule has 2 aromatic rings. The zero-order chi connectivity index (χ0) is 15.0. The number of methoxy groups -OCH3 is 1. The predicted octanol–water partition coefficient (Wildman–Crippen LogP) is 3.38. The summed E-state index contributed by atoms with van der Waals surface area (Å²) in [6, 6.07) is 1.76. The summed E-state index contributed by atoms with van der Waals surface area (Å²) in [4.78, 5) is 19.7. The smallest absolute Gasteiger partial charge is 0.308 e. The zero-order valence-corrected chi connectivity index (χ0v) is 13.5. The molecule has 0 atom stereocenters. The van der Waals surface area contributed by atoms with Gasteiger partial charge < -0.3 is 9.47 Å². The lowest BCUT2D eigenvalue weighted by Crippen LogP contribution is -2.39. The second-order valence-electron chi connectivity index (χ2n) is 4.90. The molecule has 1 aliphatic rings. The van der Waals surface area contributed by atoms with E-state index < -0.39 is 0 Å². The fourth-order valence-electron chi connectivity index (χ4n) is 2.33. The molecule has 21 heavy (non-hydrogen) atoms. The van der Waals surface area contributed by atoms with Gasteiger partial charge in [0.1, 0.15) is 11.3 Å². The van der Waals surface area contributed by atoms with Crippen LogP contribution in [0, 0.1) is 5.92 Å². The topological polar surface area (TPSA) is 61.3 Å². The maximum atomic E-state index is 11.4. The van der Waals surface area contributed by atoms with Gasteiger partial charge in [-0.15, -0.1) is 0 Å². The predicted molar refractivity (Wildman–Crippen MR) is 81.4 cm³/mol. The average Bonchev–Trinajstić information content (AvgIpc) is 2.44. The molecule has 2 heterocycles. The molecule has 0 spiro atoms. The highest BCUT2D eigenvalue weighted by Crippen LogP contribution is 2.35. The van der Waals surface area contributed by atoms with E-state index >= 15 is 0 Å². The third kappa shape index (κ3) is 2.82. The normalized spacial score (nSPS) is 20.9. The van der Waals surface area contributed by atoms with E-state index in [0.717, 1.165) is 15.2 Å². The SMILES string of the molecule is COC(=O)[C@H]1C[C@@H](Oc2ncc(Br)c3cc(Cl)ncc23)C1. The van der Waals surface area contributed by atoms with Gasteiger partial charge in [0, 0.05) is 22.3 Å². The standard InChI is InChI=1S/C14H12BrClN2O3/c1-20-14(19)7-2-8(3-7)21-13-10-5-17-12(16)4-9(10)11(15)6-18-13/h4-8H,2-3H2,1H3/t7-,8+. The van der Waals surface area contributed by atoms with Crippen molar-refractivity contribution in [3.63, 3.8) is 0 Å². The van der Waals surface area contributed by atoms with Gasteiger partial charge in [0.15, 0.2) is 0 Å². The molecule has 0 bridgehead atoms. The molecular weight excluding hydrogens is 360 g/mol. The van der Waals surface area contributed by atoms with E-state index in [9.17, 15) is 4.79 Å². The van der Waals surface area contributed by atoms with E-state index in [-0.39, 0.29) is 18.0 Å². The van der Waals surface area contributed by atoms with Crippen molar-refractivity contribution >= 4 is 44.3 Å². The first-order valence-electron chi connectivity index (χ1n) is 6.42. The van der Waals surface area contributed by atoms with Crippen molar-refractivity contribution in [1.82, 2.24) is 9.97 Å². The molecule has 1 fully saturated rings. The van der Waals surface area contributed by atoms with E-state index in [1.807, 2.05) is 0 Å². The third-order valence-corrected chi connectivity index (χ3v) is 4.40. The first-order valence-corrected chi connectivity index (χ1v) is 7.60. The Bertz CT molecular complexity index is 704. The Morgan fingerprint density at radius 3 is 2.81 bits per heavy atom. The summed E-state index contributed by atoms with van der Waals surface area (Å²) in [7, 11) is 1.40. The van der Waals surface area contributed by atoms with E-state index in [0.29, 0.717) is 23.9 Å². The number of halogens is 2. The Labute approximate surface area is 134 Å². The minimum atomic E-state index is -0.183. The Hall–Kier alpha value is -1.40. The van der Waals surface area contributed by atoms with Crippen LogP contribution in [0.25, 0.3) is 10.8 Å². The number of nitrogens with zero attached hydrogens (tertiary/aromatic N) is 2. The van der Waals surface area contributed by atoms with Gasteiger partial charge in [-0.25, -0.2) is 9.97 Å². The molecule has 0 saturated heterocycles. The van der Waals surface area contributed by atoms with Crippen LogP contribution in [-0.4, -0.2) is 29.2 Å². The van der Waals surface area contributed by atoms with E-state index in [1.54, 1.807) is 18.5 Å². The van der Waals surface area contributed by atoms with Crippen LogP contribution in [-0.2, 0) is 9.53 Å². The lowest BCUT2D eigenvalue weighted by molar-refractivity contribution is -0.151. The number of aromatic nitrogens is 2. The Morgan fingerprint density at radius 2 is 2.10 bits per heavy atom. The summed E-state index contributed by atoms with van der Waals surface area (Å²) in [5.41, 5.74) is 0. The maximum Gasteiger partial charge on any atom is 0.308 e. The van der Waals surface area contributed by atoms with E-state index in [1.165, 1.54) is 7.11 Å². The summed E-state index contributed by atoms with van der Waals surface area (Å²) in [5, 5.41) is 2.09. The molecular formula is C14H12BrClN2O3. The van der Waals surface area contributed by atoms with Crippen LogP contribution in [0.3, 0.4) is 0 Å². The lowest BCUT2D eigenvalue weighted by Gasteiger charge is -2.33. The van der Waals surface area contributed by atoms with Crippen molar-refractivity contribution in [3.8, 4) is 5.88 Å². The van der Waals surface area contributed by atoms with Gasteiger partial charge >= 0.3 is 5.97 Å². The van der Waals surface area contributed by atoms with Gasteiger partial charge in [-0.05, 0) is 34.8 Å². The van der Waals surface area contributed by atoms with Crippen molar-refractivity contribution in [1.29, 1.82) is 0 Å². The monoisotopic (exact) mass is 370 g/mol. The second-order valence-corrected chi connectivity index (χ2v) is 6.14. The highest BCUT2D eigenvalue weighted by Gasteiger charge is 2.37. The lowest BCUT2D eigenvalue weighted by atomic mass is 9.82. The minimum absolute atomic E-state index is 0.0262. The summed E-state index contributed by atoms with van der Waals surface area (Å²) in [6.07, 6.45) is 4.58. The van der Waals surface area contributed by atoms with Crippen LogP contribution in [0.2, 0.25) is 5.15 Å². The highest BCUT2D eigenvalue weighted by atomic mass is 79.9. The van der Waals surface area contributed by atoms with Gasteiger partial charge in [0.2, 0.25) is 5.88 Å². The van der Waals surface area contributed by atoms with Gasteiger partial charge in [-0.2, -0.15) is 0 Å². The molecule has 110 valence electrons. The van der Waals surface area contributed by atoms with Gasteiger partial charge in [0.25, 0.3) is 0 Å². The minimum Gasteiger partial charge on any atom is -0.474 e.